The summed E-state index contributed by atoms with van der Waals surface area (Å²) in [6.45, 7) is 2.25. The molecule has 1 rings (SSSR count). The first-order chi connectivity index (χ1) is 11.2. The molecule has 0 saturated heterocycles. The van der Waals surface area contributed by atoms with Gasteiger partial charge in [0.1, 0.15) is 0 Å². The predicted molar refractivity (Wildman–Crippen MR) is 96.5 cm³/mol. The van der Waals surface area contributed by atoms with Crippen LogP contribution >= 0.6 is 0 Å². The lowest BCUT2D eigenvalue weighted by molar-refractivity contribution is -0.136. The van der Waals surface area contributed by atoms with Gasteiger partial charge in [0, 0.05) is 12.0 Å². The summed E-state index contributed by atoms with van der Waals surface area (Å²) < 4.78 is 0. The lowest BCUT2D eigenvalue weighted by Gasteiger charge is -2.01. The molecule has 0 aliphatic rings. The highest BCUT2D eigenvalue weighted by molar-refractivity contribution is 5.71. The molecule has 0 aliphatic heterocycles. The molecule has 1 aromatic carbocycles. The van der Waals surface area contributed by atoms with E-state index in [1.54, 1.807) is 0 Å². The Balaban J connectivity index is 2.17. The van der Waals surface area contributed by atoms with Crippen molar-refractivity contribution in [3.05, 3.63) is 35.4 Å². The standard InChI is InChI=1S/C21H30O2/c1-2-3-4-5-6-7-8-9-10-11-12-15-19-16-13-14-17-20(19)18-21(22)23/h13-14,16-17H,2-11,18H2,1H3,(H,22,23). The van der Waals surface area contributed by atoms with Crippen LogP contribution < -0.4 is 0 Å². The minimum absolute atomic E-state index is 0.0445. The molecule has 0 fully saturated rings. The van der Waals surface area contributed by atoms with Gasteiger partial charge in [0.05, 0.1) is 6.42 Å². The number of aliphatic carboxylic acids is 1. The minimum atomic E-state index is -0.807. The molecule has 0 saturated carbocycles. The summed E-state index contributed by atoms with van der Waals surface area (Å²) >= 11 is 0. The molecule has 0 bridgehead atoms. The van der Waals surface area contributed by atoms with Crippen molar-refractivity contribution in [3.63, 3.8) is 0 Å². The second-order valence-electron chi connectivity index (χ2n) is 6.11. The Labute approximate surface area is 141 Å². The third-order valence-electron chi connectivity index (χ3n) is 3.99. The van der Waals surface area contributed by atoms with Crippen molar-refractivity contribution < 1.29 is 9.90 Å². The lowest BCUT2D eigenvalue weighted by atomic mass is 10.0. The summed E-state index contributed by atoms with van der Waals surface area (Å²) in [4.78, 5) is 10.8. The average Bonchev–Trinajstić information content (AvgIpc) is 2.53. The molecule has 0 unspecified atom stereocenters. The zero-order chi connectivity index (χ0) is 16.8. The Morgan fingerprint density at radius 3 is 2.22 bits per heavy atom. The van der Waals surface area contributed by atoms with E-state index in [1.807, 2.05) is 24.3 Å². The maximum absolute atomic E-state index is 10.8. The molecule has 0 aromatic heterocycles. The van der Waals surface area contributed by atoms with Gasteiger partial charge in [-0.1, -0.05) is 88.3 Å². The van der Waals surface area contributed by atoms with Crippen molar-refractivity contribution in [3.8, 4) is 11.8 Å². The van der Waals surface area contributed by atoms with Gasteiger partial charge >= 0.3 is 5.97 Å². The van der Waals surface area contributed by atoms with Crippen LogP contribution in [0.4, 0.5) is 0 Å². The fourth-order valence-corrected chi connectivity index (χ4v) is 2.64. The van der Waals surface area contributed by atoms with Crippen LogP contribution in [0.1, 0.15) is 82.3 Å². The highest BCUT2D eigenvalue weighted by atomic mass is 16.4. The monoisotopic (exact) mass is 314 g/mol. The fraction of sp³-hybridized carbons (Fsp3) is 0.571. The first-order valence-corrected chi connectivity index (χ1v) is 9.02. The molecule has 0 heterocycles. The number of benzene rings is 1. The molecule has 1 aromatic rings. The van der Waals surface area contributed by atoms with E-state index in [2.05, 4.69) is 18.8 Å². The highest BCUT2D eigenvalue weighted by Gasteiger charge is 2.03. The molecular formula is C21H30O2. The third-order valence-corrected chi connectivity index (χ3v) is 3.99. The van der Waals surface area contributed by atoms with Crippen LogP contribution in [0.3, 0.4) is 0 Å². The largest absolute Gasteiger partial charge is 0.481 e. The van der Waals surface area contributed by atoms with Crippen LogP contribution in [0.25, 0.3) is 0 Å². The number of hydrogen-bond donors (Lipinski definition) is 1. The number of carboxylic acid groups (broad SMARTS) is 1. The Bertz CT molecular complexity index is 508. The molecule has 0 radical (unpaired) electrons. The van der Waals surface area contributed by atoms with E-state index in [-0.39, 0.29) is 6.42 Å². The number of rotatable bonds is 11. The van der Waals surface area contributed by atoms with E-state index in [0.717, 1.165) is 24.0 Å². The van der Waals surface area contributed by atoms with Crippen molar-refractivity contribution in [2.24, 2.45) is 0 Å². The van der Waals surface area contributed by atoms with E-state index in [1.165, 1.54) is 51.4 Å². The van der Waals surface area contributed by atoms with Crippen LogP contribution in [0.5, 0.6) is 0 Å². The SMILES string of the molecule is CCCCCCCCCCCC#Cc1ccccc1CC(=O)O. The summed E-state index contributed by atoms with van der Waals surface area (Å²) in [7, 11) is 0. The number of hydrogen-bond acceptors (Lipinski definition) is 1. The molecule has 1 N–H and O–H groups in total. The van der Waals surface area contributed by atoms with Crippen LogP contribution in [0, 0.1) is 11.8 Å². The van der Waals surface area contributed by atoms with Gasteiger partial charge in [-0.15, -0.1) is 0 Å². The predicted octanol–water partition coefficient (Wildman–Crippen LogP) is 5.59. The lowest BCUT2D eigenvalue weighted by Crippen LogP contribution is -2.01. The van der Waals surface area contributed by atoms with Crippen LogP contribution in [0.15, 0.2) is 24.3 Å². The summed E-state index contributed by atoms with van der Waals surface area (Å²) in [5, 5.41) is 8.90. The zero-order valence-corrected chi connectivity index (χ0v) is 14.4. The molecule has 0 atom stereocenters. The Morgan fingerprint density at radius 2 is 1.57 bits per heavy atom. The molecule has 0 aliphatic carbocycles. The van der Waals surface area contributed by atoms with Crippen molar-refractivity contribution >= 4 is 5.97 Å². The molecular weight excluding hydrogens is 284 g/mol. The van der Waals surface area contributed by atoms with E-state index < -0.39 is 5.97 Å². The van der Waals surface area contributed by atoms with E-state index in [4.69, 9.17) is 5.11 Å². The Kier molecular flexibility index (Phi) is 10.7. The van der Waals surface area contributed by atoms with Gasteiger partial charge < -0.3 is 5.11 Å². The quantitative estimate of drug-likeness (QED) is 0.427. The van der Waals surface area contributed by atoms with Crippen molar-refractivity contribution in [2.45, 2.75) is 77.6 Å². The van der Waals surface area contributed by atoms with E-state index in [0.29, 0.717) is 0 Å². The number of carbonyl (C=O) groups is 1. The summed E-state index contributed by atoms with van der Waals surface area (Å²) in [6, 6.07) is 7.52. The minimum Gasteiger partial charge on any atom is -0.481 e. The topological polar surface area (TPSA) is 37.3 Å². The van der Waals surface area contributed by atoms with Crippen molar-refractivity contribution in [1.82, 2.24) is 0 Å². The smallest absolute Gasteiger partial charge is 0.307 e. The number of carboxylic acids is 1. The zero-order valence-electron chi connectivity index (χ0n) is 14.4. The van der Waals surface area contributed by atoms with Crippen molar-refractivity contribution in [2.75, 3.05) is 0 Å². The van der Waals surface area contributed by atoms with Gasteiger partial charge in [0.2, 0.25) is 0 Å². The summed E-state index contributed by atoms with van der Waals surface area (Å²) in [5.74, 6) is 5.51. The normalized spacial score (nSPS) is 10.1. The Morgan fingerprint density at radius 1 is 0.957 bits per heavy atom. The molecule has 2 nitrogen and oxygen atoms in total. The van der Waals surface area contributed by atoms with Gasteiger partial charge in [-0.2, -0.15) is 0 Å². The van der Waals surface area contributed by atoms with E-state index >= 15 is 0 Å². The first kappa shape index (κ1) is 19.3. The third kappa shape index (κ3) is 9.79. The second kappa shape index (κ2) is 12.8. The fourth-order valence-electron chi connectivity index (χ4n) is 2.64. The van der Waals surface area contributed by atoms with Gasteiger partial charge in [-0.3, -0.25) is 4.79 Å². The van der Waals surface area contributed by atoms with Crippen LogP contribution in [-0.2, 0) is 11.2 Å². The maximum atomic E-state index is 10.8. The summed E-state index contributed by atoms with van der Waals surface area (Å²) in [6.07, 6.45) is 12.8. The van der Waals surface area contributed by atoms with Gasteiger partial charge in [-0.05, 0) is 18.1 Å². The maximum Gasteiger partial charge on any atom is 0.307 e. The Hall–Kier alpha value is -1.75. The van der Waals surface area contributed by atoms with Crippen molar-refractivity contribution in [1.29, 1.82) is 0 Å². The molecule has 0 spiro atoms. The highest BCUT2D eigenvalue weighted by Crippen LogP contribution is 2.11. The first-order valence-electron chi connectivity index (χ1n) is 9.02. The van der Waals surface area contributed by atoms with Gasteiger partial charge in [-0.25, -0.2) is 0 Å². The average molecular weight is 314 g/mol. The van der Waals surface area contributed by atoms with Gasteiger partial charge in [0.25, 0.3) is 0 Å². The van der Waals surface area contributed by atoms with Crippen LogP contribution in [-0.4, -0.2) is 11.1 Å². The second-order valence-corrected chi connectivity index (χ2v) is 6.11. The van der Waals surface area contributed by atoms with Crippen LogP contribution in [0.2, 0.25) is 0 Å². The summed E-state index contributed by atoms with van der Waals surface area (Å²) in [5.41, 5.74) is 1.66. The molecule has 23 heavy (non-hydrogen) atoms. The molecule has 126 valence electrons. The van der Waals surface area contributed by atoms with Gasteiger partial charge in [0.15, 0.2) is 0 Å². The molecule has 2 heteroatoms. The van der Waals surface area contributed by atoms with E-state index in [9.17, 15) is 4.79 Å². The molecule has 0 amide bonds. The number of unbranched alkanes of at least 4 members (excludes halogenated alkanes) is 9.